The molecule has 8 heteroatoms. The third kappa shape index (κ3) is 5.48. The highest BCUT2D eigenvalue weighted by Crippen LogP contribution is 2.64. The zero-order valence-corrected chi connectivity index (χ0v) is 23.8. The number of fused-ring (bicyclic) bond motifs is 1. The van der Waals surface area contributed by atoms with Gasteiger partial charge in [0.05, 0.1) is 18.1 Å². The summed E-state index contributed by atoms with van der Waals surface area (Å²) in [6.45, 7) is 10.9. The molecule has 3 aliphatic heterocycles. The van der Waals surface area contributed by atoms with Crippen molar-refractivity contribution in [3.63, 3.8) is 0 Å². The lowest BCUT2D eigenvalue weighted by molar-refractivity contribution is -0.162. The van der Waals surface area contributed by atoms with E-state index < -0.39 is 35.0 Å². The number of aliphatic hydroxyl groups is 1. The number of esters is 1. The zero-order valence-electron chi connectivity index (χ0n) is 23.8. The predicted octanol–water partition coefficient (Wildman–Crippen LogP) is 4.03. The Bertz CT molecular complexity index is 1080. The van der Waals surface area contributed by atoms with Gasteiger partial charge in [-0.15, -0.1) is 13.2 Å². The standard InChI is InChI=1S/C32H44N2O6/c1-4-7-8-14-22-39-30(38)26-25-28(36)34(20-12-13-21-35)27(32(25)18-17-31(26,6-3)40-32)29(37)33(19-5-2)23-24-15-10-9-11-16-24/h4-5,9-11,15-16,25-27,35H,1-2,6-8,12-14,17-23H2,3H3/t25-,26-,27?,31+,32?/m0/s1. The number of benzene rings is 1. The van der Waals surface area contributed by atoms with Gasteiger partial charge in [0.15, 0.2) is 0 Å². The SMILES string of the molecule is C=CCCCCOC(=O)[C@@H]1[C@H]2C(=O)N(CCCCO)C(C(=O)N(CC=C)Cc3ccccc3)C23CC[C@@]1(CC)O3. The molecule has 3 saturated heterocycles. The summed E-state index contributed by atoms with van der Waals surface area (Å²) in [6, 6.07) is 8.87. The molecule has 0 radical (unpaired) electrons. The predicted molar refractivity (Wildman–Crippen MR) is 152 cm³/mol. The highest BCUT2D eigenvalue weighted by Gasteiger charge is 2.79. The number of nitrogens with zero attached hydrogens (tertiary/aromatic N) is 2. The molecule has 218 valence electrons. The Morgan fingerprint density at radius 3 is 2.60 bits per heavy atom. The van der Waals surface area contributed by atoms with Gasteiger partial charge in [-0.05, 0) is 56.9 Å². The molecular weight excluding hydrogens is 508 g/mol. The molecule has 0 aromatic heterocycles. The van der Waals surface area contributed by atoms with E-state index >= 15 is 0 Å². The van der Waals surface area contributed by atoms with Gasteiger partial charge in [0.1, 0.15) is 17.6 Å². The first-order valence-electron chi connectivity index (χ1n) is 14.7. The first-order valence-corrected chi connectivity index (χ1v) is 14.7. The summed E-state index contributed by atoms with van der Waals surface area (Å²) in [4.78, 5) is 45.6. The third-order valence-corrected chi connectivity index (χ3v) is 8.90. The largest absolute Gasteiger partial charge is 0.465 e. The smallest absolute Gasteiger partial charge is 0.312 e. The fourth-order valence-electron chi connectivity index (χ4n) is 7.01. The molecule has 4 rings (SSSR count). The molecule has 0 aliphatic carbocycles. The van der Waals surface area contributed by atoms with Crippen molar-refractivity contribution < 1.29 is 29.0 Å². The number of carbonyl (C=O) groups is 3. The quantitative estimate of drug-likeness (QED) is 0.189. The van der Waals surface area contributed by atoms with Crippen molar-refractivity contribution in [3.8, 4) is 0 Å². The van der Waals surface area contributed by atoms with Crippen LogP contribution in [0.1, 0.15) is 63.9 Å². The Morgan fingerprint density at radius 1 is 1.15 bits per heavy atom. The number of ether oxygens (including phenoxy) is 2. The lowest BCUT2D eigenvalue weighted by Gasteiger charge is -2.37. The molecule has 3 fully saturated rings. The van der Waals surface area contributed by atoms with Crippen LogP contribution in [0.5, 0.6) is 0 Å². The van der Waals surface area contributed by atoms with Crippen LogP contribution in [-0.4, -0.2) is 76.2 Å². The average Bonchev–Trinajstić information content (AvgIpc) is 3.56. The van der Waals surface area contributed by atoms with Crippen molar-refractivity contribution in [1.82, 2.24) is 9.80 Å². The average molecular weight is 553 g/mol. The van der Waals surface area contributed by atoms with E-state index in [1.165, 1.54) is 0 Å². The van der Waals surface area contributed by atoms with E-state index in [-0.39, 0.29) is 25.0 Å². The van der Waals surface area contributed by atoms with Crippen molar-refractivity contribution in [3.05, 3.63) is 61.2 Å². The van der Waals surface area contributed by atoms with Crippen LogP contribution in [-0.2, 0) is 30.4 Å². The lowest BCUT2D eigenvalue weighted by Crippen LogP contribution is -2.56. The summed E-state index contributed by atoms with van der Waals surface area (Å²) in [5.74, 6) is -2.35. The molecular formula is C32H44N2O6. The molecule has 2 unspecified atom stereocenters. The van der Waals surface area contributed by atoms with Crippen LogP contribution in [0.3, 0.4) is 0 Å². The first-order chi connectivity index (χ1) is 19.4. The summed E-state index contributed by atoms with van der Waals surface area (Å²) >= 11 is 0. The van der Waals surface area contributed by atoms with Crippen LogP contribution in [0.4, 0.5) is 0 Å². The molecule has 2 bridgehead atoms. The second kappa shape index (κ2) is 13.1. The summed E-state index contributed by atoms with van der Waals surface area (Å²) < 4.78 is 12.6. The zero-order chi connectivity index (χ0) is 28.8. The summed E-state index contributed by atoms with van der Waals surface area (Å²) in [7, 11) is 0. The first kappa shape index (κ1) is 30.0. The van der Waals surface area contributed by atoms with E-state index in [1.807, 2.05) is 43.3 Å². The number of hydrogen-bond donors (Lipinski definition) is 1. The Labute approximate surface area is 238 Å². The second-order valence-electron chi connectivity index (χ2n) is 11.2. The highest BCUT2D eigenvalue weighted by atomic mass is 16.6. The molecule has 0 saturated carbocycles. The van der Waals surface area contributed by atoms with Gasteiger partial charge in [0.2, 0.25) is 11.8 Å². The number of aliphatic hydroxyl groups excluding tert-OH is 1. The summed E-state index contributed by atoms with van der Waals surface area (Å²) in [5, 5.41) is 9.40. The maximum absolute atomic E-state index is 14.4. The van der Waals surface area contributed by atoms with Crippen LogP contribution in [0.25, 0.3) is 0 Å². The van der Waals surface area contributed by atoms with E-state index in [0.717, 1.165) is 24.8 Å². The summed E-state index contributed by atoms with van der Waals surface area (Å²) in [5.41, 5.74) is -0.939. The fourth-order valence-corrected chi connectivity index (χ4v) is 7.01. The number of carbonyl (C=O) groups excluding carboxylic acids is 3. The summed E-state index contributed by atoms with van der Waals surface area (Å²) in [6.07, 6.45) is 8.72. The Hall–Kier alpha value is -2.97. The van der Waals surface area contributed by atoms with Gasteiger partial charge in [-0.25, -0.2) is 0 Å². The van der Waals surface area contributed by atoms with Crippen molar-refractivity contribution in [2.24, 2.45) is 11.8 Å². The van der Waals surface area contributed by atoms with Gasteiger partial charge >= 0.3 is 5.97 Å². The molecule has 1 aromatic carbocycles. The molecule has 1 N–H and O–H groups in total. The Morgan fingerprint density at radius 2 is 1.93 bits per heavy atom. The minimum Gasteiger partial charge on any atom is -0.465 e. The van der Waals surface area contributed by atoms with Gasteiger partial charge in [0.25, 0.3) is 0 Å². The molecule has 3 heterocycles. The minimum absolute atomic E-state index is 0.00205. The van der Waals surface area contributed by atoms with Crippen molar-refractivity contribution in [2.45, 2.75) is 82.1 Å². The maximum atomic E-state index is 14.4. The van der Waals surface area contributed by atoms with E-state index in [2.05, 4.69) is 13.2 Å². The number of amides is 2. The van der Waals surface area contributed by atoms with Gasteiger partial charge in [-0.2, -0.15) is 0 Å². The number of unbranched alkanes of at least 4 members (excludes halogenated alkanes) is 3. The maximum Gasteiger partial charge on any atom is 0.312 e. The van der Waals surface area contributed by atoms with Gasteiger partial charge < -0.3 is 24.4 Å². The van der Waals surface area contributed by atoms with Crippen LogP contribution in [0.2, 0.25) is 0 Å². The van der Waals surface area contributed by atoms with E-state index in [4.69, 9.17) is 9.47 Å². The fraction of sp³-hybridized carbons (Fsp3) is 0.594. The van der Waals surface area contributed by atoms with Crippen molar-refractivity contribution in [1.29, 1.82) is 0 Å². The third-order valence-electron chi connectivity index (χ3n) is 8.90. The topological polar surface area (TPSA) is 96.4 Å². The van der Waals surface area contributed by atoms with Gasteiger partial charge in [-0.3, -0.25) is 14.4 Å². The van der Waals surface area contributed by atoms with Crippen molar-refractivity contribution >= 4 is 17.8 Å². The highest BCUT2D eigenvalue weighted by molar-refractivity contribution is 5.98. The molecule has 5 atom stereocenters. The van der Waals surface area contributed by atoms with Crippen LogP contribution in [0.15, 0.2) is 55.6 Å². The minimum atomic E-state index is -1.09. The molecule has 2 amide bonds. The molecule has 1 spiro atoms. The van der Waals surface area contributed by atoms with Crippen LogP contribution in [0, 0.1) is 11.8 Å². The number of likely N-dealkylation sites (tertiary alicyclic amines) is 1. The van der Waals surface area contributed by atoms with Gasteiger partial charge in [-0.1, -0.05) is 49.4 Å². The molecule has 40 heavy (non-hydrogen) atoms. The van der Waals surface area contributed by atoms with Crippen LogP contribution < -0.4 is 0 Å². The Balaban J connectivity index is 1.67. The van der Waals surface area contributed by atoms with E-state index in [9.17, 15) is 19.5 Å². The molecule has 8 nitrogen and oxygen atoms in total. The van der Waals surface area contributed by atoms with E-state index in [1.54, 1.807) is 15.9 Å². The molecule has 3 aliphatic rings. The second-order valence-corrected chi connectivity index (χ2v) is 11.2. The normalized spacial score (nSPS) is 28.4. The number of allylic oxidation sites excluding steroid dienone is 1. The lowest BCUT2D eigenvalue weighted by atomic mass is 9.65. The van der Waals surface area contributed by atoms with Crippen molar-refractivity contribution in [2.75, 3.05) is 26.3 Å². The number of hydrogen-bond acceptors (Lipinski definition) is 6. The van der Waals surface area contributed by atoms with Gasteiger partial charge in [0, 0.05) is 26.2 Å². The number of rotatable bonds is 16. The van der Waals surface area contributed by atoms with Crippen LogP contribution >= 0.6 is 0 Å². The monoisotopic (exact) mass is 552 g/mol. The Kier molecular flexibility index (Phi) is 9.85. The van der Waals surface area contributed by atoms with E-state index in [0.29, 0.717) is 51.7 Å². The molecule has 1 aromatic rings.